The number of benzene rings is 9. The smallest absolute Gasteiger partial charge is 0.187 e. The molecule has 0 bridgehead atoms. The predicted octanol–water partition coefficient (Wildman–Crippen LogP) is 16.9. The van der Waals surface area contributed by atoms with Crippen molar-refractivity contribution in [1.29, 1.82) is 0 Å². The number of para-hydroxylation sites is 2. The third-order valence-electron chi connectivity index (χ3n) is 14.0. The molecule has 0 saturated heterocycles. The Bertz CT molecular complexity index is 4200. The van der Waals surface area contributed by atoms with Crippen LogP contribution in [0.3, 0.4) is 0 Å². The lowest BCUT2D eigenvalue weighted by Gasteiger charge is -2.27. The first-order valence-corrected chi connectivity index (χ1v) is 26.2. The molecule has 0 aliphatic carbocycles. The molecule has 0 aliphatic heterocycles. The average Bonchev–Trinajstić information content (AvgIpc) is 4.08. The van der Waals surface area contributed by atoms with Crippen LogP contribution in [0.1, 0.15) is 5.56 Å². The second kappa shape index (κ2) is 14.2. The van der Waals surface area contributed by atoms with Crippen molar-refractivity contribution in [3.05, 3.63) is 210 Å². The van der Waals surface area contributed by atoms with E-state index in [1.165, 1.54) is 75.9 Å². The topological polar surface area (TPSA) is 24.0 Å². The number of rotatable bonds is 7. The van der Waals surface area contributed by atoms with E-state index in [1.54, 1.807) is 0 Å². The third kappa shape index (κ3) is 5.72. The molecule has 0 spiro atoms. The summed E-state index contributed by atoms with van der Waals surface area (Å²) in [6.07, 6.45) is 0. The molecular weight excluding hydrogens is 833 g/mol. The number of anilines is 6. The number of hydrogen-bond acceptors (Lipinski definition) is 2. The van der Waals surface area contributed by atoms with E-state index in [0.717, 1.165) is 45.2 Å². The van der Waals surface area contributed by atoms with Crippen LogP contribution in [0.15, 0.2) is 182 Å². The van der Waals surface area contributed by atoms with Gasteiger partial charge in [-0.2, -0.15) is 0 Å². The zero-order valence-corrected chi connectivity index (χ0v) is 38.5. The highest BCUT2D eigenvalue weighted by Crippen LogP contribution is 2.47. The van der Waals surface area contributed by atoms with Gasteiger partial charge in [0.2, 0.25) is 0 Å². The fourth-order valence-electron chi connectivity index (χ4n) is 10.8. The highest BCUT2D eigenvalue weighted by atomic mass is 28.3. The molecule has 13 aromatic rings. The fourth-order valence-corrected chi connectivity index (χ4v) is 11.9. The van der Waals surface area contributed by atoms with E-state index in [9.17, 15) is 0 Å². The summed E-state index contributed by atoms with van der Waals surface area (Å²) >= 11 is 0. The summed E-state index contributed by atoms with van der Waals surface area (Å²) in [4.78, 5) is 12.0. The fraction of sp³-hybridized carbons (Fsp3) is 0.0667. The van der Waals surface area contributed by atoms with E-state index in [2.05, 4.69) is 200 Å². The molecule has 0 saturated carbocycles. The van der Waals surface area contributed by atoms with Crippen molar-refractivity contribution in [2.24, 2.45) is 0 Å². The standard InChI is InChI=1S/C60H42N6Si/c1-37-13-19-40(20-14-37)63(41-21-15-38(61-2)16-22-41)44-27-31-47-49-9-7-11-51-53-36-58-54(35-57(53)65(59(49)51)55(47)33-44)52-12-8-10-50-48-32-28-45(34-56(48)66(58)60(50)52)64(42-23-17-39(62-3)18-24-42)43-25-29-46(30-26-43)67(4,5)6/h7-36H,1,4-6H3. The quantitative estimate of drug-likeness (QED) is 0.118. The summed E-state index contributed by atoms with van der Waals surface area (Å²) < 4.78 is 4.99. The van der Waals surface area contributed by atoms with Gasteiger partial charge in [0.05, 0.1) is 54.3 Å². The summed E-state index contributed by atoms with van der Waals surface area (Å²) in [5.74, 6) is 0. The first kappa shape index (κ1) is 38.8. The molecule has 0 aliphatic rings. The maximum atomic E-state index is 7.63. The molecule has 67 heavy (non-hydrogen) atoms. The van der Waals surface area contributed by atoms with Crippen LogP contribution in [0.4, 0.5) is 45.5 Å². The van der Waals surface area contributed by atoms with Crippen molar-refractivity contribution < 1.29 is 0 Å². The van der Waals surface area contributed by atoms with Crippen LogP contribution in [0.25, 0.3) is 85.9 Å². The van der Waals surface area contributed by atoms with Gasteiger partial charge >= 0.3 is 0 Å². The van der Waals surface area contributed by atoms with Gasteiger partial charge in [-0.3, -0.25) is 0 Å². The van der Waals surface area contributed by atoms with Crippen molar-refractivity contribution >= 4 is 135 Å². The zero-order chi connectivity index (χ0) is 45.3. The van der Waals surface area contributed by atoms with Gasteiger partial charge in [0, 0.05) is 77.2 Å². The van der Waals surface area contributed by atoms with Crippen LogP contribution in [0, 0.1) is 20.1 Å². The van der Waals surface area contributed by atoms with Crippen molar-refractivity contribution in [3.63, 3.8) is 0 Å². The normalized spacial score (nSPS) is 12.1. The number of fused-ring (bicyclic) bond motifs is 12. The van der Waals surface area contributed by atoms with Gasteiger partial charge < -0.3 is 18.6 Å². The van der Waals surface area contributed by atoms with E-state index in [1.807, 2.05) is 36.4 Å². The van der Waals surface area contributed by atoms with Gasteiger partial charge in [-0.05, 0) is 91.9 Å². The van der Waals surface area contributed by atoms with Gasteiger partial charge in [0.15, 0.2) is 11.4 Å². The van der Waals surface area contributed by atoms with E-state index < -0.39 is 8.07 Å². The largest absolute Gasteiger partial charge is 0.311 e. The molecule has 0 radical (unpaired) electrons. The molecule has 7 heteroatoms. The second-order valence-corrected chi connectivity index (χ2v) is 24.0. The Morgan fingerprint density at radius 3 is 1.10 bits per heavy atom. The van der Waals surface area contributed by atoms with Crippen LogP contribution >= 0.6 is 0 Å². The Morgan fingerprint density at radius 1 is 0.373 bits per heavy atom. The summed E-state index contributed by atoms with van der Waals surface area (Å²) in [6, 6.07) is 65.7. The van der Waals surface area contributed by atoms with Crippen molar-refractivity contribution in [2.75, 3.05) is 9.80 Å². The molecule has 4 heterocycles. The lowest BCUT2D eigenvalue weighted by Crippen LogP contribution is -2.37. The first-order chi connectivity index (χ1) is 32.7. The minimum atomic E-state index is -1.51. The Kier molecular flexibility index (Phi) is 8.22. The van der Waals surface area contributed by atoms with E-state index in [-0.39, 0.29) is 0 Å². The van der Waals surface area contributed by atoms with Gasteiger partial charge in [-0.15, -0.1) is 0 Å². The molecule has 6 nitrogen and oxygen atoms in total. The van der Waals surface area contributed by atoms with E-state index in [4.69, 9.17) is 13.1 Å². The number of nitrogens with zero attached hydrogens (tertiary/aromatic N) is 6. The molecule has 9 aromatic carbocycles. The Hall–Kier alpha value is -8.62. The number of aromatic nitrogens is 2. The Balaban J connectivity index is 1.04. The second-order valence-electron chi connectivity index (χ2n) is 18.9. The van der Waals surface area contributed by atoms with Crippen LogP contribution < -0.4 is 15.0 Å². The van der Waals surface area contributed by atoms with Crippen molar-refractivity contribution in [2.45, 2.75) is 26.6 Å². The number of aryl methyl sites for hydroxylation is 1. The van der Waals surface area contributed by atoms with Crippen LogP contribution in [-0.2, 0) is 0 Å². The lowest BCUT2D eigenvalue weighted by molar-refractivity contribution is 1.27. The third-order valence-corrected chi connectivity index (χ3v) is 16.1. The summed E-state index contributed by atoms with van der Waals surface area (Å²) in [6.45, 7) is 24.5. The van der Waals surface area contributed by atoms with Gasteiger partial charge in [-0.1, -0.05) is 127 Å². The number of hydrogen-bond donors (Lipinski definition) is 0. The first-order valence-electron chi connectivity index (χ1n) is 22.7. The highest BCUT2D eigenvalue weighted by Gasteiger charge is 2.25. The van der Waals surface area contributed by atoms with Crippen LogP contribution in [0.5, 0.6) is 0 Å². The predicted molar refractivity (Wildman–Crippen MR) is 285 cm³/mol. The lowest BCUT2D eigenvalue weighted by atomic mass is 10.0. The van der Waals surface area contributed by atoms with Crippen LogP contribution in [0.2, 0.25) is 19.6 Å². The van der Waals surface area contributed by atoms with E-state index in [0.29, 0.717) is 11.4 Å². The highest BCUT2D eigenvalue weighted by molar-refractivity contribution is 6.88. The monoisotopic (exact) mass is 874 g/mol. The minimum Gasteiger partial charge on any atom is -0.311 e. The SMILES string of the molecule is [C-]#[N+]c1ccc(N(c2ccc(C)cc2)c2ccc3c4cccc5c6cc7c(cc6n(c3c2)c45)c2cccc3c4ccc(N(c5ccc([N+]#[C-])cc5)c5ccc([Si](C)(C)C)cc5)cc4n7c32)cc1. The molecule has 0 fully saturated rings. The maximum Gasteiger partial charge on any atom is 0.187 e. The zero-order valence-electron chi connectivity index (χ0n) is 37.5. The Labute approximate surface area is 388 Å². The minimum absolute atomic E-state index is 0.621. The molecule has 0 atom stereocenters. The van der Waals surface area contributed by atoms with Gasteiger partial charge in [-0.25, -0.2) is 9.69 Å². The average molecular weight is 875 g/mol. The summed E-state index contributed by atoms with van der Waals surface area (Å²) in [5, 5.41) is 11.2. The molecular formula is C60H42N6Si. The van der Waals surface area contributed by atoms with Crippen LogP contribution in [-0.4, -0.2) is 16.9 Å². The van der Waals surface area contributed by atoms with Crippen molar-refractivity contribution in [3.8, 4) is 0 Å². The molecule has 4 aromatic heterocycles. The molecule has 0 N–H and O–H groups in total. The molecule has 316 valence electrons. The van der Waals surface area contributed by atoms with Gasteiger partial charge in [0.1, 0.15) is 0 Å². The Morgan fingerprint density at radius 2 is 0.716 bits per heavy atom. The van der Waals surface area contributed by atoms with Gasteiger partial charge in [0.25, 0.3) is 0 Å². The summed E-state index contributed by atoms with van der Waals surface area (Å²) in [7, 11) is -1.51. The molecule has 13 rings (SSSR count). The van der Waals surface area contributed by atoms with E-state index >= 15 is 0 Å². The maximum absolute atomic E-state index is 7.63. The molecule has 0 unspecified atom stereocenters. The summed E-state index contributed by atoms with van der Waals surface area (Å²) in [5.41, 5.74) is 15.9. The van der Waals surface area contributed by atoms with Crippen molar-refractivity contribution in [1.82, 2.24) is 8.80 Å². The molecule has 0 amide bonds.